The second kappa shape index (κ2) is 7.53. The van der Waals surface area contributed by atoms with E-state index in [4.69, 9.17) is 4.74 Å². The van der Waals surface area contributed by atoms with Crippen LogP contribution in [-0.4, -0.2) is 48.7 Å². The number of benzene rings is 1. The molecular weight excluding hydrogens is 318 g/mol. The number of carbonyl (C=O) groups is 1. The summed E-state index contributed by atoms with van der Waals surface area (Å²) in [4.78, 5) is 28.1. The Bertz CT molecular complexity index is 810. The lowest BCUT2D eigenvalue weighted by Gasteiger charge is -2.31. The summed E-state index contributed by atoms with van der Waals surface area (Å²) in [6.07, 6.45) is 1.58. The molecule has 0 bridgehead atoms. The zero-order chi connectivity index (χ0) is 17.8. The number of para-hydroxylation sites is 1. The molecule has 132 valence electrons. The van der Waals surface area contributed by atoms with E-state index in [-0.39, 0.29) is 11.5 Å². The van der Waals surface area contributed by atoms with Gasteiger partial charge in [0.2, 0.25) is 5.56 Å². The molecule has 0 spiro atoms. The Morgan fingerprint density at radius 2 is 1.88 bits per heavy atom. The number of amides is 1. The van der Waals surface area contributed by atoms with E-state index in [1.165, 1.54) is 10.6 Å². The zero-order valence-corrected chi connectivity index (χ0v) is 14.6. The van der Waals surface area contributed by atoms with E-state index in [2.05, 4.69) is 17.0 Å². The Morgan fingerprint density at radius 3 is 2.60 bits per heavy atom. The van der Waals surface area contributed by atoms with Gasteiger partial charge in [0.05, 0.1) is 18.8 Å². The average Bonchev–Trinajstić information content (AvgIpc) is 2.64. The number of rotatable bonds is 4. The van der Waals surface area contributed by atoms with Crippen molar-refractivity contribution in [1.29, 1.82) is 0 Å². The van der Waals surface area contributed by atoms with Crippen LogP contribution < -0.4 is 10.5 Å². The molecule has 2 aromatic rings. The highest BCUT2D eigenvalue weighted by Crippen LogP contribution is 2.23. The first-order chi connectivity index (χ1) is 12.1. The molecule has 2 heterocycles. The molecule has 1 aliphatic heterocycles. The molecule has 1 aromatic carbocycles. The molecule has 0 saturated carbocycles. The lowest BCUT2D eigenvalue weighted by Crippen LogP contribution is -2.37. The van der Waals surface area contributed by atoms with Gasteiger partial charge in [-0.3, -0.25) is 9.59 Å². The smallest absolute Gasteiger partial charge is 0.255 e. The molecule has 6 heteroatoms. The number of hydrogen-bond donors (Lipinski definition) is 0. The van der Waals surface area contributed by atoms with E-state index in [0.717, 1.165) is 37.6 Å². The molecule has 1 amide bonds. The second-order valence-electron chi connectivity index (χ2n) is 6.26. The summed E-state index contributed by atoms with van der Waals surface area (Å²) >= 11 is 0. The van der Waals surface area contributed by atoms with E-state index in [1.54, 1.807) is 31.3 Å². The van der Waals surface area contributed by atoms with Crippen molar-refractivity contribution in [2.75, 3.05) is 38.3 Å². The topological polar surface area (TPSA) is 54.8 Å². The maximum Gasteiger partial charge on any atom is 0.255 e. The highest BCUT2D eigenvalue weighted by molar-refractivity contribution is 5.93. The Labute approximate surface area is 147 Å². The van der Waals surface area contributed by atoms with Crippen molar-refractivity contribution in [3.8, 4) is 0 Å². The van der Waals surface area contributed by atoms with Crippen LogP contribution in [0.15, 0.2) is 47.4 Å². The largest absolute Gasteiger partial charge is 0.378 e. The van der Waals surface area contributed by atoms with Gasteiger partial charge in [-0.25, -0.2) is 0 Å². The van der Waals surface area contributed by atoms with Gasteiger partial charge in [-0.05, 0) is 17.7 Å². The van der Waals surface area contributed by atoms with Crippen molar-refractivity contribution in [1.82, 2.24) is 9.47 Å². The van der Waals surface area contributed by atoms with Crippen LogP contribution in [0.2, 0.25) is 0 Å². The third kappa shape index (κ3) is 3.91. The number of ether oxygens (including phenoxy) is 1. The molecule has 0 atom stereocenters. The second-order valence-corrected chi connectivity index (χ2v) is 6.26. The molecule has 0 unspecified atom stereocenters. The summed E-state index contributed by atoms with van der Waals surface area (Å²) in [6, 6.07) is 11.1. The van der Waals surface area contributed by atoms with Gasteiger partial charge in [0, 0.05) is 51.7 Å². The first-order valence-electron chi connectivity index (χ1n) is 8.39. The average molecular weight is 341 g/mol. The SMILES string of the molecule is CN(Cc1ccccc1N1CCOCC1)C(=O)c1ccc(=O)n(C)c1. The van der Waals surface area contributed by atoms with Crippen molar-refractivity contribution in [2.24, 2.45) is 7.05 Å². The quantitative estimate of drug-likeness (QED) is 0.846. The molecule has 1 aliphatic rings. The molecule has 3 rings (SSSR count). The van der Waals surface area contributed by atoms with Crippen molar-refractivity contribution < 1.29 is 9.53 Å². The van der Waals surface area contributed by atoms with Crippen LogP contribution in [0, 0.1) is 0 Å². The highest BCUT2D eigenvalue weighted by Gasteiger charge is 2.18. The minimum atomic E-state index is -0.128. The van der Waals surface area contributed by atoms with Gasteiger partial charge in [0.15, 0.2) is 0 Å². The van der Waals surface area contributed by atoms with E-state index >= 15 is 0 Å². The maximum atomic E-state index is 12.7. The monoisotopic (exact) mass is 341 g/mol. The summed E-state index contributed by atoms with van der Waals surface area (Å²) in [7, 11) is 3.43. The minimum Gasteiger partial charge on any atom is -0.378 e. The van der Waals surface area contributed by atoms with E-state index in [9.17, 15) is 9.59 Å². The number of morpholine rings is 1. The summed E-state index contributed by atoms with van der Waals surface area (Å²) in [5.74, 6) is -0.104. The van der Waals surface area contributed by atoms with Gasteiger partial charge in [-0.15, -0.1) is 0 Å². The molecule has 1 fully saturated rings. The fourth-order valence-electron chi connectivity index (χ4n) is 3.03. The fourth-order valence-corrected chi connectivity index (χ4v) is 3.03. The first-order valence-corrected chi connectivity index (χ1v) is 8.39. The normalized spacial score (nSPS) is 14.4. The van der Waals surface area contributed by atoms with Gasteiger partial charge < -0.3 is 19.1 Å². The number of aryl methyl sites for hydroxylation is 1. The molecule has 25 heavy (non-hydrogen) atoms. The van der Waals surface area contributed by atoms with Gasteiger partial charge in [0.25, 0.3) is 5.91 Å². The molecular formula is C19H23N3O3. The molecule has 6 nitrogen and oxygen atoms in total. The first kappa shape index (κ1) is 17.2. The number of hydrogen-bond acceptors (Lipinski definition) is 4. The molecule has 0 radical (unpaired) electrons. The van der Waals surface area contributed by atoms with Crippen molar-refractivity contribution >= 4 is 11.6 Å². The van der Waals surface area contributed by atoms with Crippen LogP contribution >= 0.6 is 0 Å². The van der Waals surface area contributed by atoms with Gasteiger partial charge >= 0.3 is 0 Å². The predicted octanol–water partition coefficient (Wildman–Crippen LogP) is 1.49. The lowest BCUT2D eigenvalue weighted by molar-refractivity contribution is 0.0784. The van der Waals surface area contributed by atoms with Crippen molar-refractivity contribution in [3.05, 3.63) is 64.1 Å². The Kier molecular flexibility index (Phi) is 5.19. The Morgan fingerprint density at radius 1 is 1.16 bits per heavy atom. The van der Waals surface area contributed by atoms with E-state index < -0.39 is 0 Å². The summed E-state index contributed by atoms with van der Waals surface area (Å²) in [5.41, 5.74) is 2.63. The minimum absolute atomic E-state index is 0.104. The van der Waals surface area contributed by atoms with Crippen LogP contribution in [-0.2, 0) is 18.3 Å². The third-order valence-corrected chi connectivity index (χ3v) is 4.43. The highest BCUT2D eigenvalue weighted by atomic mass is 16.5. The van der Waals surface area contributed by atoms with Crippen molar-refractivity contribution in [3.63, 3.8) is 0 Å². The fraction of sp³-hybridized carbons (Fsp3) is 0.368. The van der Waals surface area contributed by atoms with Crippen LogP contribution in [0.5, 0.6) is 0 Å². The number of pyridine rings is 1. The summed E-state index contributed by atoms with van der Waals surface area (Å²) in [5, 5.41) is 0. The van der Waals surface area contributed by atoms with Crippen LogP contribution in [0.25, 0.3) is 0 Å². The maximum absolute atomic E-state index is 12.7. The Balaban J connectivity index is 1.78. The standard InChI is InChI=1S/C19H23N3O3/c1-20-14-16(7-8-18(20)23)19(24)21(2)13-15-5-3-4-6-17(15)22-9-11-25-12-10-22/h3-8,14H,9-13H2,1-2H3. The zero-order valence-electron chi connectivity index (χ0n) is 14.6. The molecule has 1 saturated heterocycles. The number of carbonyl (C=O) groups excluding carboxylic acids is 1. The lowest BCUT2D eigenvalue weighted by atomic mass is 10.1. The van der Waals surface area contributed by atoms with Gasteiger partial charge in [-0.2, -0.15) is 0 Å². The Hall–Kier alpha value is -2.60. The molecule has 1 aromatic heterocycles. The van der Waals surface area contributed by atoms with Crippen LogP contribution in [0.3, 0.4) is 0 Å². The van der Waals surface area contributed by atoms with Gasteiger partial charge in [0.1, 0.15) is 0 Å². The number of anilines is 1. The van der Waals surface area contributed by atoms with E-state index in [0.29, 0.717) is 12.1 Å². The van der Waals surface area contributed by atoms with Crippen LogP contribution in [0.1, 0.15) is 15.9 Å². The summed E-state index contributed by atoms with van der Waals surface area (Å²) in [6.45, 7) is 3.67. The number of aromatic nitrogens is 1. The molecule has 0 N–H and O–H groups in total. The number of nitrogens with zero attached hydrogens (tertiary/aromatic N) is 3. The van der Waals surface area contributed by atoms with Crippen LogP contribution in [0.4, 0.5) is 5.69 Å². The van der Waals surface area contributed by atoms with Crippen molar-refractivity contribution in [2.45, 2.75) is 6.54 Å². The predicted molar refractivity (Wildman–Crippen MR) is 97.0 cm³/mol. The summed E-state index contributed by atoms with van der Waals surface area (Å²) < 4.78 is 6.84. The van der Waals surface area contributed by atoms with Gasteiger partial charge in [-0.1, -0.05) is 18.2 Å². The third-order valence-electron chi connectivity index (χ3n) is 4.43. The molecule has 0 aliphatic carbocycles. The van der Waals surface area contributed by atoms with E-state index in [1.807, 2.05) is 12.1 Å².